The monoisotopic (exact) mass is 367 g/mol. The van der Waals surface area contributed by atoms with E-state index in [1.165, 1.54) is 0 Å². The summed E-state index contributed by atoms with van der Waals surface area (Å²) >= 11 is 0. The van der Waals surface area contributed by atoms with Crippen molar-refractivity contribution in [3.63, 3.8) is 0 Å². The van der Waals surface area contributed by atoms with Crippen molar-refractivity contribution in [2.24, 2.45) is 0 Å². The van der Waals surface area contributed by atoms with Crippen LogP contribution in [0.2, 0.25) is 0 Å². The molecule has 0 saturated carbocycles. The number of hydrogen-bond acceptors (Lipinski definition) is 3. The van der Waals surface area contributed by atoms with Crippen molar-refractivity contribution in [2.75, 3.05) is 6.54 Å². The van der Waals surface area contributed by atoms with Crippen molar-refractivity contribution in [1.82, 2.24) is 14.8 Å². The summed E-state index contributed by atoms with van der Waals surface area (Å²) in [6.07, 6.45) is 0.413. The largest absolute Gasteiger partial charge is 0.349 e. The number of urea groups is 1. The van der Waals surface area contributed by atoms with Gasteiger partial charge in [0.2, 0.25) is 0 Å². The minimum absolute atomic E-state index is 0.230. The fourth-order valence-corrected chi connectivity index (χ4v) is 3.93. The Kier molecular flexibility index (Phi) is 4.91. The van der Waals surface area contributed by atoms with Gasteiger partial charge in [-0.2, -0.15) is 0 Å². The lowest BCUT2D eigenvalue weighted by Gasteiger charge is -2.25. The zero-order valence-electron chi connectivity index (χ0n) is 16.2. The molecule has 3 rings (SSSR count). The number of Topliss-reactive ketones (excluding diaryl/α,β-unsaturated/α-hetero) is 1. The van der Waals surface area contributed by atoms with Crippen LogP contribution in [-0.4, -0.2) is 33.7 Å². The molecule has 6 nitrogen and oxygen atoms in total. The Balaban J connectivity index is 1.89. The second-order valence-electron chi connectivity index (χ2n) is 6.90. The molecule has 1 aliphatic rings. The summed E-state index contributed by atoms with van der Waals surface area (Å²) in [6.45, 7) is 8.20. The maximum Gasteiger partial charge on any atom is 0.325 e. The highest BCUT2D eigenvalue weighted by atomic mass is 16.2. The molecule has 142 valence electrons. The SMILES string of the molecule is CCn1c(C)cc(C(=O)CN2C(=O)NC(CC)(c3ccccc3)C2=O)c1C. The molecule has 6 heteroatoms. The zero-order valence-corrected chi connectivity index (χ0v) is 16.2. The number of carbonyl (C=O) groups excluding carboxylic acids is 3. The van der Waals surface area contributed by atoms with Gasteiger partial charge >= 0.3 is 6.03 Å². The van der Waals surface area contributed by atoms with Crippen LogP contribution in [0.4, 0.5) is 4.79 Å². The smallest absolute Gasteiger partial charge is 0.325 e. The van der Waals surface area contributed by atoms with Crippen LogP contribution < -0.4 is 5.32 Å². The molecule has 0 radical (unpaired) electrons. The van der Waals surface area contributed by atoms with Crippen LogP contribution in [0, 0.1) is 13.8 Å². The lowest BCUT2D eigenvalue weighted by molar-refractivity contribution is -0.131. The van der Waals surface area contributed by atoms with Gasteiger partial charge in [-0.3, -0.25) is 14.5 Å². The fourth-order valence-electron chi connectivity index (χ4n) is 3.93. The molecule has 3 amide bonds. The van der Waals surface area contributed by atoms with E-state index in [9.17, 15) is 14.4 Å². The van der Waals surface area contributed by atoms with E-state index in [1.54, 1.807) is 0 Å². The summed E-state index contributed by atoms with van der Waals surface area (Å²) in [7, 11) is 0. The normalized spacial score (nSPS) is 19.5. The third-order valence-corrected chi connectivity index (χ3v) is 5.46. The summed E-state index contributed by atoms with van der Waals surface area (Å²) in [5.41, 5.74) is 2.02. The van der Waals surface area contributed by atoms with E-state index in [-0.39, 0.29) is 18.2 Å². The van der Waals surface area contributed by atoms with E-state index in [2.05, 4.69) is 5.32 Å². The van der Waals surface area contributed by atoms with Crippen molar-refractivity contribution in [3.8, 4) is 0 Å². The Hall–Kier alpha value is -2.89. The first-order valence-corrected chi connectivity index (χ1v) is 9.25. The molecular weight excluding hydrogens is 342 g/mol. The number of nitrogens with one attached hydrogen (secondary N) is 1. The lowest BCUT2D eigenvalue weighted by atomic mass is 9.87. The van der Waals surface area contributed by atoms with Gasteiger partial charge in [0.15, 0.2) is 5.78 Å². The lowest BCUT2D eigenvalue weighted by Crippen LogP contribution is -2.43. The molecule has 27 heavy (non-hydrogen) atoms. The van der Waals surface area contributed by atoms with Crippen molar-refractivity contribution in [2.45, 2.75) is 46.2 Å². The predicted molar refractivity (Wildman–Crippen MR) is 103 cm³/mol. The first-order valence-electron chi connectivity index (χ1n) is 9.25. The molecule has 1 aromatic heterocycles. The third-order valence-electron chi connectivity index (χ3n) is 5.46. The Morgan fingerprint density at radius 3 is 2.33 bits per heavy atom. The number of carbonyl (C=O) groups is 3. The number of aromatic nitrogens is 1. The molecular formula is C21H25N3O3. The van der Waals surface area contributed by atoms with Gasteiger partial charge in [-0.15, -0.1) is 0 Å². The first-order chi connectivity index (χ1) is 12.9. The van der Waals surface area contributed by atoms with E-state index >= 15 is 0 Å². The van der Waals surface area contributed by atoms with Crippen molar-refractivity contribution < 1.29 is 14.4 Å². The summed E-state index contributed by atoms with van der Waals surface area (Å²) in [5.74, 6) is -0.606. The number of benzene rings is 1. The van der Waals surface area contributed by atoms with Gasteiger partial charge in [-0.1, -0.05) is 37.3 Å². The van der Waals surface area contributed by atoms with Crippen LogP contribution in [0.25, 0.3) is 0 Å². The van der Waals surface area contributed by atoms with Crippen molar-refractivity contribution in [3.05, 3.63) is 58.9 Å². The quantitative estimate of drug-likeness (QED) is 0.630. The van der Waals surface area contributed by atoms with Crippen LogP contribution >= 0.6 is 0 Å². The number of ketones is 1. The van der Waals surface area contributed by atoms with Crippen LogP contribution in [0.15, 0.2) is 36.4 Å². The second kappa shape index (κ2) is 7.02. The number of rotatable bonds is 6. The standard InChI is InChI=1S/C21H25N3O3/c1-5-21(16-10-8-7-9-11-16)19(26)24(20(27)22-21)13-18(25)17-12-14(3)23(6-2)15(17)4/h7-12H,5-6,13H2,1-4H3,(H,22,27). The number of imide groups is 1. The molecule has 2 aromatic rings. The van der Waals surface area contributed by atoms with Gasteiger partial charge in [0.1, 0.15) is 5.54 Å². The van der Waals surface area contributed by atoms with E-state index in [0.29, 0.717) is 12.0 Å². The Bertz CT molecular complexity index is 901. The topological polar surface area (TPSA) is 71.4 Å². The van der Waals surface area contributed by atoms with Crippen LogP contribution in [0.3, 0.4) is 0 Å². The number of hydrogen-bond donors (Lipinski definition) is 1. The molecule has 2 heterocycles. The summed E-state index contributed by atoms with van der Waals surface area (Å²) in [6, 6.07) is 10.5. The highest BCUT2D eigenvalue weighted by molar-refractivity contribution is 6.11. The van der Waals surface area contributed by atoms with Gasteiger partial charge in [-0.05, 0) is 38.8 Å². The number of nitrogens with zero attached hydrogens (tertiary/aromatic N) is 2. The van der Waals surface area contributed by atoms with E-state index in [1.807, 2.05) is 68.7 Å². The van der Waals surface area contributed by atoms with Gasteiger partial charge < -0.3 is 9.88 Å². The van der Waals surface area contributed by atoms with Gasteiger partial charge in [0.05, 0.1) is 6.54 Å². The van der Waals surface area contributed by atoms with Gasteiger partial charge in [-0.25, -0.2) is 4.79 Å². The predicted octanol–water partition coefficient (Wildman–Crippen LogP) is 3.16. The Morgan fingerprint density at radius 1 is 1.11 bits per heavy atom. The molecule has 0 aliphatic carbocycles. The maximum absolute atomic E-state index is 13.1. The third kappa shape index (κ3) is 2.95. The zero-order chi connectivity index (χ0) is 19.8. The summed E-state index contributed by atoms with van der Waals surface area (Å²) in [5, 5.41) is 2.81. The number of aryl methyl sites for hydroxylation is 1. The van der Waals surface area contributed by atoms with Crippen LogP contribution in [0.1, 0.15) is 47.6 Å². The van der Waals surface area contributed by atoms with Crippen LogP contribution in [-0.2, 0) is 16.9 Å². The molecule has 1 unspecified atom stereocenters. The minimum Gasteiger partial charge on any atom is -0.349 e. The average molecular weight is 367 g/mol. The van der Waals surface area contributed by atoms with Gasteiger partial charge in [0, 0.05) is 23.5 Å². The molecule has 0 spiro atoms. The molecule has 1 aromatic carbocycles. The van der Waals surface area contributed by atoms with E-state index in [0.717, 1.165) is 28.4 Å². The van der Waals surface area contributed by atoms with E-state index < -0.39 is 11.6 Å². The molecule has 0 bridgehead atoms. The second-order valence-corrected chi connectivity index (χ2v) is 6.90. The Labute approximate surface area is 159 Å². The van der Waals surface area contributed by atoms with E-state index in [4.69, 9.17) is 0 Å². The average Bonchev–Trinajstić information content (AvgIpc) is 3.10. The molecule has 1 N–H and O–H groups in total. The highest BCUT2D eigenvalue weighted by Crippen LogP contribution is 2.32. The van der Waals surface area contributed by atoms with Crippen molar-refractivity contribution in [1.29, 1.82) is 0 Å². The first kappa shape index (κ1) is 18.9. The Morgan fingerprint density at radius 2 is 1.78 bits per heavy atom. The molecule has 1 fully saturated rings. The molecule has 1 saturated heterocycles. The summed E-state index contributed by atoms with van der Waals surface area (Å²) < 4.78 is 2.04. The van der Waals surface area contributed by atoms with Gasteiger partial charge in [0.25, 0.3) is 5.91 Å². The summed E-state index contributed by atoms with van der Waals surface area (Å²) in [4.78, 5) is 39.6. The molecule has 1 aliphatic heterocycles. The number of amides is 3. The molecule has 1 atom stereocenters. The van der Waals surface area contributed by atoms with Crippen LogP contribution in [0.5, 0.6) is 0 Å². The minimum atomic E-state index is -1.11. The maximum atomic E-state index is 13.1. The highest BCUT2D eigenvalue weighted by Gasteiger charge is 2.51. The van der Waals surface area contributed by atoms with Crippen molar-refractivity contribution >= 4 is 17.7 Å². The fraction of sp³-hybridized carbons (Fsp3) is 0.381.